The predicted octanol–water partition coefficient (Wildman–Crippen LogP) is 0.882. The number of hydrogen-bond donors (Lipinski definition) is 1. The molecule has 0 aliphatic carbocycles. The first-order valence-corrected chi connectivity index (χ1v) is 7.16. The number of sulfone groups is 1. The van der Waals surface area contributed by atoms with Crippen molar-refractivity contribution in [3.8, 4) is 0 Å². The molecule has 1 aliphatic rings. The topological polar surface area (TPSA) is 63.2 Å². The van der Waals surface area contributed by atoms with Crippen molar-refractivity contribution in [3.63, 3.8) is 0 Å². The fourth-order valence-corrected chi connectivity index (χ4v) is 3.49. The molecule has 0 spiro atoms. The minimum atomic E-state index is -3.09. The maximum atomic E-state index is 12.9. The summed E-state index contributed by atoms with van der Waals surface area (Å²) < 4.78 is 48.0. The molecule has 0 bridgehead atoms. The highest BCUT2D eigenvalue weighted by Crippen LogP contribution is 2.13. The van der Waals surface area contributed by atoms with Crippen molar-refractivity contribution in [2.45, 2.75) is 12.5 Å². The number of carbonyl (C=O) groups is 1. The van der Waals surface area contributed by atoms with E-state index < -0.39 is 33.4 Å². The van der Waals surface area contributed by atoms with Gasteiger partial charge < -0.3 is 5.32 Å². The summed E-state index contributed by atoms with van der Waals surface area (Å²) in [7, 11) is -3.09. The van der Waals surface area contributed by atoms with E-state index in [0.717, 1.165) is 18.2 Å². The van der Waals surface area contributed by atoms with E-state index in [9.17, 15) is 22.0 Å². The van der Waals surface area contributed by atoms with Crippen LogP contribution in [-0.2, 0) is 9.84 Å². The van der Waals surface area contributed by atoms with Crippen LogP contribution in [0.4, 0.5) is 8.78 Å². The summed E-state index contributed by atoms with van der Waals surface area (Å²) in [4.78, 5) is 11.7. The summed E-state index contributed by atoms with van der Waals surface area (Å²) in [6, 6.07) is 2.33. The van der Waals surface area contributed by atoms with Gasteiger partial charge in [0.25, 0.3) is 5.91 Å². The number of rotatable bonds is 2. The van der Waals surface area contributed by atoms with Crippen molar-refractivity contribution < 1.29 is 22.0 Å². The number of hydrogen-bond acceptors (Lipinski definition) is 3. The van der Waals surface area contributed by atoms with Gasteiger partial charge in [0.1, 0.15) is 0 Å². The third-order valence-electron chi connectivity index (χ3n) is 2.75. The van der Waals surface area contributed by atoms with Crippen LogP contribution in [0.1, 0.15) is 16.8 Å². The standard InChI is InChI=1S/C11H11F2NO3S/c12-9-2-1-7(5-10(9)13)11(15)14-8-3-4-18(16,17)6-8/h1-2,5,8H,3-4,6H2,(H,14,15). The van der Waals surface area contributed by atoms with Gasteiger partial charge in [0.2, 0.25) is 0 Å². The summed E-state index contributed by atoms with van der Waals surface area (Å²) in [5, 5.41) is 2.49. The normalized spacial score (nSPS) is 21.8. The second kappa shape index (κ2) is 4.64. The summed E-state index contributed by atoms with van der Waals surface area (Å²) in [5.41, 5.74) is -0.0294. The molecule has 18 heavy (non-hydrogen) atoms. The van der Waals surface area contributed by atoms with E-state index >= 15 is 0 Å². The van der Waals surface area contributed by atoms with Crippen LogP contribution in [-0.4, -0.2) is 31.9 Å². The summed E-state index contributed by atoms with van der Waals surface area (Å²) in [6.07, 6.45) is 0.345. The van der Waals surface area contributed by atoms with Crippen LogP contribution in [0.25, 0.3) is 0 Å². The highest BCUT2D eigenvalue weighted by Gasteiger charge is 2.29. The lowest BCUT2D eigenvalue weighted by atomic mass is 10.2. The van der Waals surface area contributed by atoms with Crippen LogP contribution in [0.3, 0.4) is 0 Å². The molecule has 1 fully saturated rings. The van der Waals surface area contributed by atoms with Crippen molar-refractivity contribution in [2.24, 2.45) is 0 Å². The van der Waals surface area contributed by atoms with E-state index in [4.69, 9.17) is 0 Å². The lowest BCUT2D eigenvalue weighted by Crippen LogP contribution is -2.35. The van der Waals surface area contributed by atoms with Crippen molar-refractivity contribution in [1.82, 2.24) is 5.32 Å². The quantitative estimate of drug-likeness (QED) is 0.871. The molecule has 4 nitrogen and oxygen atoms in total. The molecule has 1 atom stereocenters. The number of benzene rings is 1. The van der Waals surface area contributed by atoms with Crippen molar-refractivity contribution in [2.75, 3.05) is 11.5 Å². The molecular weight excluding hydrogens is 264 g/mol. The van der Waals surface area contributed by atoms with E-state index in [2.05, 4.69) is 5.32 Å². The zero-order valence-corrected chi connectivity index (χ0v) is 10.1. The smallest absolute Gasteiger partial charge is 0.251 e. The number of amides is 1. The fourth-order valence-electron chi connectivity index (χ4n) is 1.81. The average Bonchev–Trinajstić information content (AvgIpc) is 2.62. The Hall–Kier alpha value is -1.50. The van der Waals surface area contributed by atoms with Gasteiger partial charge in [-0.3, -0.25) is 4.79 Å². The monoisotopic (exact) mass is 275 g/mol. The molecular formula is C11H11F2NO3S. The third kappa shape index (κ3) is 2.84. The Balaban J connectivity index is 2.06. The molecule has 1 heterocycles. The van der Waals surface area contributed by atoms with E-state index in [0.29, 0.717) is 6.42 Å². The molecule has 1 unspecified atom stereocenters. The zero-order chi connectivity index (χ0) is 13.3. The Morgan fingerprint density at radius 3 is 2.56 bits per heavy atom. The zero-order valence-electron chi connectivity index (χ0n) is 9.32. The Labute approximate surface area is 103 Å². The highest BCUT2D eigenvalue weighted by atomic mass is 32.2. The van der Waals surface area contributed by atoms with E-state index in [1.54, 1.807) is 0 Å². The van der Waals surface area contributed by atoms with Crippen LogP contribution in [0, 0.1) is 11.6 Å². The van der Waals surface area contributed by atoms with Gasteiger partial charge in [-0.15, -0.1) is 0 Å². The van der Waals surface area contributed by atoms with Crippen LogP contribution >= 0.6 is 0 Å². The molecule has 98 valence electrons. The first kappa shape index (κ1) is 12.9. The Bertz CT molecular complexity index is 586. The Morgan fingerprint density at radius 1 is 1.28 bits per heavy atom. The largest absolute Gasteiger partial charge is 0.348 e. The van der Waals surface area contributed by atoms with Crippen molar-refractivity contribution >= 4 is 15.7 Å². The molecule has 0 saturated carbocycles. The van der Waals surface area contributed by atoms with Crippen molar-refractivity contribution in [3.05, 3.63) is 35.4 Å². The van der Waals surface area contributed by atoms with Crippen molar-refractivity contribution in [1.29, 1.82) is 0 Å². The Morgan fingerprint density at radius 2 is 2.00 bits per heavy atom. The fraction of sp³-hybridized carbons (Fsp3) is 0.364. The van der Waals surface area contributed by atoms with E-state index in [1.807, 2.05) is 0 Å². The SMILES string of the molecule is O=C(NC1CCS(=O)(=O)C1)c1ccc(F)c(F)c1. The van der Waals surface area contributed by atoms with Gasteiger partial charge in [-0.2, -0.15) is 0 Å². The molecule has 1 saturated heterocycles. The van der Waals surface area contributed by atoms with Crippen LogP contribution in [0.2, 0.25) is 0 Å². The maximum Gasteiger partial charge on any atom is 0.251 e. The molecule has 1 aromatic rings. The predicted molar refractivity (Wildman–Crippen MR) is 60.9 cm³/mol. The molecule has 0 aromatic heterocycles. The molecule has 1 aromatic carbocycles. The van der Waals surface area contributed by atoms with Gasteiger partial charge in [0.05, 0.1) is 11.5 Å². The van der Waals surface area contributed by atoms with Gasteiger partial charge in [0.15, 0.2) is 21.5 Å². The van der Waals surface area contributed by atoms with Gasteiger partial charge in [-0.1, -0.05) is 0 Å². The van der Waals surface area contributed by atoms with Crippen LogP contribution < -0.4 is 5.32 Å². The Kier molecular flexibility index (Phi) is 3.34. The highest BCUT2D eigenvalue weighted by molar-refractivity contribution is 7.91. The number of carbonyl (C=O) groups excluding carboxylic acids is 1. The second-order valence-electron chi connectivity index (χ2n) is 4.20. The second-order valence-corrected chi connectivity index (χ2v) is 6.43. The number of halogens is 2. The lowest BCUT2D eigenvalue weighted by molar-refractivity contribution is 0.0940. The minimum Gasteiger partial charge on any atom is -0.348 e. The summed E-state index contributed by atoms with van der Waals surface area (Å²) >= 11 is 0. The van der Waals surface area contributed by atoms with E-state index in [-0.39, 0.29) is 17.1 Å². The molecule has 1 aliphatic heterocycles. The summed E-state index contributed by atoms with van der Waals surface area (Å²) in [5.74, 6) is -2.81. The summed E-state index contributed by atoms with van der Waals surface area (Å²) in [6.45, 7) is 0. The molecule has 1 N–H and O–H groups in total. The van der Waals surface area contributed by atoms with Gasteiger partial charge in [-0.25, -0.2) is 17.2 Å². The average molecular weight is 275 g/mol. The van der Waals surface area contributed by atoms with Gasteiger partial charge >= 0.3 is 0 Å². The molecule has 1 amide bonds. The van der Waals surface area contributed by atoms with E-state index in [1.165, 1.54) is 0 Å². The van der Waals surface area contributed by atoms with Gasteiger partial charge in [0, 0.05) is 11.6 Å². The number of nitrogens with one attached hydrogen (secondary N) is 1. The molecule has 0 radical (unpaired) electrons. The van der Waals surface area contributed by atoms with Crippen LogP contribution in [0.5, 0.6) is 0 Å². The molecule has 7 heteroatoms. The van der Waals surface area contributed by atoms with Gasteiger partial charge in [-0.05, 0) is 24.6 Å². The minimum absolute atomic E-state index is 0.0294. The first-order valence-electron chi connectivity index (χ1n) is 5.34. The third-order valence-corrected chi connectivity index (χ3v) is 4.52. The molecule has 2 rings (SSSR count). The maximum absolute atomic E-state index is 12.9. The van der Waals surface area contributed by atoms with Crippen LogP contribution in [0.15, 0.2) is 18.2 Å². The lowest BCUT2D eigenvalue weighted by Gasteiger charge is -2.10. The first-order chi connectivity index (χ1) is 8.37.